The minimum absolute atomic E-state index is 1.05. The lowest BCUT2D eigenvalue weighted by molar-refractivity contribution is 1.17. The van der Waals surface area contributed by atoms with E-state index < -0.39 is 0 Å². The van der Waals surface area contributed by atoms with Crippen LogP contribution < -0.4 is 0 Å². The van der Waals surface area contributed by atoms with E-state index >= 15 is 0 Å². The summed E-state index contributed by atoms with van der Waals surface area (Å²) < 4.78 is 10.6. The highest BCUT2D eigenvalue weighted by atomic mass is 79.9. The van der Waals surface area contributed by atoms with Crippen LogP contribution >= 0.6 is 47.8 Å². The minimum atomic E-state index is 1.05. The summed E-state index contributed by atoms with van der Waals surface area (Å²) in [7, 11) is 0. The molecule has 48 heavy (non-hydrogen) atoms. The molecule has 0 unspecified atom stereocenters. The lowest BCUT2D eigenvalue weighted by Gasteiger charge is -2.13. The molecule has 3 nitrogen and oxygen atoms in total. The van der Waals surface area contributed by atoms with E-state index in [1.165, 1.54) is 48.9 Å². The van der Waals surface area contributed by atoms with Gasteiger partial charge in [0.05, 0.1) is 33.1 Å². The summed E-state index contributed by atoms with van der Waals surface area (Å²) >= 11 is 11.6. The molecule has 0 bridgehead atoms. The Bertz CT molecular complexity index is 2550. The van der Waals surface area contributed by atoms with Crippen LogP contribution in [-0.2, 0) is 0 Å². The van der Waals surface area contributed by atoms with Crippen molar-refractivity contribution in [3.05, 3.63) is 159 Å². The summed E-state index contributed by atoms with van der Waals surface area (Å²) in [5, 5.41) is 7.27. The first-order valence-corrected chi connectivity index (χ1v) is 18.2. The van der Waals surface area contributed by atoms with Crippen molar-refractivity contribution in [2.45, 2.75) is 0 Å². The fraction of sp³-hybridized carbons (Fsp3) is 0. The third-order valence-electron chi connectivity index (χ3n) is 9.54. The molecule has 0 spiro atoms. The monoisotopic (exact) mass is 807 g/mol. The molecule has 0 radical (unpaired) electrons. The summed E-state index contributed by atoms with van der Waals surface area (Å²) in [6.45, 7) is 0. The Morgan fingerprint density at radius 3 is 0.854 bits per heavy atom. The zero-order chi connectivity index (χ0) is 32.1. The van der Waals surface area contributed by atoms with E-state index in [0.29, 0.717) is 0 Å². The van der Waals surface area contributed by atoms with Gasteiger partial charge >= 0.3 is 0 Å². The van der Waals surface area contributed by atoms with E-state index in [1.807, 2.05) is 0 Å². The van der Waals surface area contributed by atoms with Gasteiger partial charge in [-0.1, -0.05) is 102 Å². The number of para-hydroxylation sites is 3. The predicted molar refractivity (Wildman–Crippen MR) is 213 cm³/mol. The van der Waals surface area contributed by atoms with Crippen LogP contribution in [0.5, 0.6) is 0 Å². The molecule has 3 heterocycles. The first-order chi connectivity index (χ1) is 23.6. The van der Waals surface area contributed by atoms with Gasteiger partial charge in [-0.15, -0.1) is 0 Å². The maximum Gasteiger partial charge on any atom is 0.0663 e. The van der Waals surface area contributed by atoms with Crippen molar-refractivity contribution in [1.29, 1.82) is 0 Å². The van der Waals surface area contributed by atoms with Gasteiger partial charge in [0.15, 0.2) is 0 Å². The zero-order valence-corrected chi connectivity index (χ0v) is 30.1. The number of hydrogen-bond acceptors (Lipinski definition) is 0. The number of aromatic nitrogens is 3. The molecule has 10 rings (SSSR count). The van der Waals surface area contributed by atoms with Crippen LogP contribution in [0.25, 0.3) is 82.5 Å². The lowest BCUT2D eigenvalue weighted by Crippen LogP contribution is -1.97. The first kappa shape index (κ1) is 28.4. The molecule has 10 aromatic rings. The fourth-order valence-corrected chi connectivity index (χ4v) is 8.84. The third kappa shape index (κ3) is 3.97. The summed E-state index contributed by atoms with van der Waals surface area (Å²) in [5.74, 6) is 0. The summed E-state index contributed by atoms with van der Waals surface area (Å²) in [6.07, 6.45) is 0. The normalized spacial score (nSPS) is 12.1. The first-order valence-electron chi connectivity index (χ1n) is 15.8. The van der Waals surface area contributed by atoms with Gasteiger partial charge in [0.2, 0.25) is 0 Å². The van der Waals surface area contributed by atoms with E-state index in [2.05, 4.69) is 207 Å². The van der Waals surface area contributed by atoms with Crippen molar-refractivity contribution in [2.24, 2.45) is 0 Å². The van der Waals surface area contributed by atoms with Gasteiger partial charge in [0.1, 0.15) is 0 Å². The van der Waals surface area contributed by atoms with Crippen LogP contribution in [0, 0.1) is 0 Å². The highest BCUT2D eigenvalue weighted by molar-refractivity contribution is 9.11. The van der Waals surface area contributed by atoms with Gasteiger partial charge in [-0.05, 0) is 91.0 Å². The average molecular weight is 810 g/mol. The SMILES string of the molecule is Brc1ccc2c(c1)c1c(c3c4cc(Br)ccc4n(-c4ccccc4)c3c3c4cc(Br)ccc4n(-c4ccccc4)c13)n2-c1ccccc1. The molecule has 0 atom stereocenters. The van der Waals surface area contributed by atoms with E-state index in [1.54, 1.807) is 0 Å². The maximum absolute atomic E-state index is 3.86. The van der Waals surface area contributed by atoms with Gasteiger partial charge in [-0.25, -0.2) is 0 Å². The van der Waals surface area contributed by atoms with Crippen LogP contribution in [0.4, 0.5) is 0 Å². The van der Waals surface area contributed by atoms with Crippen molar-refractivity contribution in [3.63, 3.8) is 0 Å². The molecule has 0 fully saturated rings. The quantitative estimate of drug-likeness (QED) is 0.169. The number of halogens is 3. The summed E-state index contributed by atoms with van der Waals surface area (Å²) in [5.41, 5.74) is 10.4. The molecule has 0 amide bonds. The smallest absolute Gasteiger partial charge is 0.0663 e. The molecule has 0 aliphatic rings. The van der Waals surface area contributed by atoms with Crippen LogP contribution in [-0.4, -0.2) is 13.7 Å². The molecule has 228 valence electrons. The molecule has 0 N–H and O–H groups in total. The lowest BCUT2D eigenvalue weighted by atomic mass is 10.0. The Morgan fingerprint density at radius 1 is 0.312 bits per heavy atom. The standard InChI is InChI=1S/C42H24Br3N3/c43-25-16-19-34-31(22-25)37-40(46(34)28-10-4-1-5-11-28)38-32-23-26(44)17-20-35(32)47(29-12-6-2-7-13-29)42(38)39-33-24-27(45)18-21-36(33)48(41(37)39)30-14-8-3-9-15-30/h1-24H. The molecule has 6 heteroatoms. The van der Waals surface area contributed by atoms with Crippen molar-refractivity contribution in [1.82, 2.24) is 13.7 Å². The van der Waals surface area contributed by atoms with E-state index in [9.17, 15) is 0 Å². The molecule has 0 saturated heterocycles. The third-order valence-corrected chi connectivity index (χ3v) is 11.0. The highest BCUT2D eigenvalue weighted by Crippen LogP contribution is 2.51. The number of nitrogens with zero attached hydrogens (tertiary/aromatic N) is 3. The summed E-state index contributed by atoms with van der Waals surface area (Å²) in [4.78, 5) is 0. The van der Waals surface area contributed by atoms with Crippen LogP contribution in [0.1, 0.15) is 0 Å². The number of rotatable bonds is 3. The second-order valence-corrected chi connectivity index (χ2v) is 14.9. The van der Waals surface area contributed by atoms with Gasteiger partial charge < -0.3 is 13.7 Å². The van der Waals surface area contributed by atoms with Crippen molar-refractivity contribution in [3.8, 4) is 17.1 Å². The van der Waals surface area contributed by atoms with E-state index in [-0.39, 0.29) is 0 Å². The van der Waals surface area contributed by atoms with E-state index in [0.717, 1.165) is 47.0 Å². The second-order valence-electron chi connectivity index (χ2n) is 12.2. The van der Waals surface area contributed by atoms with Crippen LogP contribution in [0.2, 0.25) is 0 Å². The van der Waals surface area contributed by atoms with Gasteiger partial charge in [0, 0.05) is 62.8 Å². The van der Waals surface area contributed by atoms with Gasteiger partial charge in [-0.2, -0.15) is 0 Å². The molecular formula is C42H24Br3N3. The Balaban J connectivity index is 1.64. The molecule has 0 aliphatic heterocycles. The second kappa shape index (κ2) is 10.7. The Kier molecular flexibility index (Phi) is 6.33. The summed E-state index contributed by atoms with van der Waals surface area (Å²) in [6, 6.07) is 52.4. The predicted octanol–water partition coefficient (Wildman–Crippen LogP) is 13.3. The Morgan fingerprint density at radius 2 is 0.583 bits per heavy atom. The molecule has 7 aromatic carbocycles. The topological polar surface area (TPSA) is 14.8 Å². The molecule has 3 aromatic heterocycles. The van der Waals surface area contributed by atoms with Crippen molar-refractivity contribution >= 4 is 113 Å². The minimum Gasteiger partial charge on any atom is -0.308 e. The van der Waals surface area contributed by atoms with E-state index in [4.69, 9.17) is 0 Å². The number of hydrogen-bond donors (Lipinski definition) is 0. The fourth-order valence-electron chi connectivity index (χ4n) is 7.76. The Hall–Kier alpha value is -4.62. The number of fused-ring (bicyclic) bond motifs is 12. The van der Waals surface area contributed by atoms with Crippen LogP contribution in [0.15, 0.2) is 159 Å². The van der Waals surface area contributed by atoms with Crippen molar-refractivity contribution in [2.75, 3.05) is 0 Å². The zero-order valence-electron chi connectivity index (χ0n) is 25.3. The maximum atomic E-state index is 3.86. The largest absolute Gasteiger partial charge is 0.308 e. The number of benzene rings is 7. The molecule has 0 saturated carbocycles. The highest BCUT2D eigenvalue weighted by Gasteiger charge is 2.29. The average Bonchev–Trinajstić information content (AvgIpc) is 3.74. The Labute approximate surface area is 301 Å². The molecule has 0 aliphatic carbocycles. The van der Waals surface area contributed by atoms with Gasteiger partial charge in [0.25, 0.3) is 0 Å². The van der Waals surface area contributed by atoms with Crippen molar-refractivity contribution < 1.29 is 0 Å². The van der Waals surface area contributed by atoms with Crippen LogP contribution in [0.3, 0.4) is 0 Å². The van der Waals surface area contributed by atoms with Gasteiger partial charge in [-0.3, -0.25) is 0 Å². The molecular weight excluding hydrogens is 786 g/mol.